The Balaban J connectivity index is 1.54. The number of esters is 1. The van der Waals surface area contributed by atoms with E-state index in [0.717, 1.165) is 0 Å². The highest BCUT2D eigenvalue weighted by Crippen LogP contribution is 2.29. The molecule has 2 amide bonds. The lowest BCUT2D eigenvalue weighted by atomic mass is 10.1. The zero-order valence-electron chi connectivity index (χ0n) is 15.9. The van der Waals surface area contributed by atoms with E-state index in [4.69, 9.17) is 4.74 Å². The number of sulfonamides is 1. The van der Waals surface area contributed by atoms with Crippen LogP contribution in [0.4, 0.5) is 11.4 Å². The number of carbonyl (C=O) groups is 3. The number of fused-ring (bicyclic) bond motifs is 2. The topological polar surface area (TPSA) is 125 Å². The van der Waals surface area contributed by atoms with Gasteiger partial charge in [-0.2, -0.15) is 0 Å². The Labute approximate surface area is 172 Å². The highest BCUT2D eigenvalue weighted by Gasteiger charge is 2.35. The van der Waals surface area contributed by atoms with E-state index in [1.807, 2.05) is 0 Å². The number of nitrogens with zero attached hydrogens (tertiary/aromatic N) is 3. The zero-order valence-corrected chi connectivity index (χ0v) is 16.8. The summed E-state index contributed by atoms with van der Waals surface area (Å²) in [4.78, 5) is 40.3. The average molecular weight is 430 g/mol. The molecule has 3 aliphatic heterocycles. The standard InChI is InChI=1S/C19H18N4O6S/c1-12(18(25)23-11-16(24)20-14-6-2-3-7-15(14)23)29-19(26)13-5-4-8-22-9-10-30(27,28)21-17(13)22/h2-8,12H,9-11H2,1H3,(H,20,24). The molecule has 0 aliphatic carbocycles. The fraction of sp³-hybridized carbons (Fsp3) is 0.263. The number of amides is 2. The van der Waals surface area contributed by atoms with Gasteiger partial charge in [0.2, 0.25) is 5.91 Å². The molecule has 0 saturated carbocycles. The molecule has 156 valence electrons. The number of hydrogen-bond donors (Lipinski definition) is 1. The number of hydrogen-bond acceptors (Lipinski definition) is 7. The largest absolute Gasteiger partial charge is 0.449 e. The third kappa shape index (κ3) is 3.71. The van der Waals surface area contributed by atoms with E-state index in [0.29, 0.717) is 11.4 Å². The Bertz CT molecular complexity index is 1140. The summed E-state index contributed by atoms with van der Waals surface area (Å²) in [5.74, 6) is -2.01. The number of carbonyl (C=O) groups excluding carboxylic acids is 3. The maximum absolute atomic E-state index is 12.9. The summed E-state index contributed by atoms with van der Waals surface area (Å²) < 4.78 is 32.7. The summed E-state index contributed by atoms with van der Waals surface area (Å²) in [7, 11) is -3.68. The maximum Gasteiger partial charge on any atom is 0.342 e. The van der Waals surface area contributed by atoms with E-state index in [1.165, 1.54) is 22.8 Å². The zero-order chi connectivity index (χ0) is 21.5. The molecule has 1 unspecified atom stereocenters. The fourth-order valence-corrected chi connectivity index (χ4v) is 4.28. The fourth-order valence-electron chi connectivity index (χ4n) is 3.30. The predicted octanol–water partition coefficient (Wildman–Crippen LogP) is 0.401. The van der Waals surface area contributed by atoms with Crippen LogP contribution in [0.3, 0.4) is 0 Å². The van der Waals surface area contributed by atoms with Crippen LogP contribution in [0.2, 0.25) is 0 Å². The van der Waals surface area contributed by atoms with Crippen molar-refractivity contribution in [1.29, 1.82) is 0 Å². The highest BCUT2D eigenvalue weighted by atomic mass is 32.2. The number of rotatable bonds is 3. The number of anilines is 2. The lowest BCUT2D eigenvalue weighted by molar-refractivity contribution is -0.149. The van der Waals surface area contributed by atoms with Crippen LogP contribution < -0.4 is 10.2 Å². The quantitative estimate of drug-likeness (QED) is 0.688. The molecular weight excluding hydrogens is 412 g/mol. The van der Waals surface area contributed by atoms with Gasteiger partial charge < -0.3 is 15.0 Å². The predicted molar refractivity (Wildman–Crippen MR) is 108 cm³/mol. The van der Waals surface area contributed by atoms with Crippen molar-refractivity contribution in [2.75, 3.05) is 29.1 Å². The first kappa shape index (κ1) is 19.8. The molecule has 1 atom stereocenters. The second-order valence-corrected chi connectivity index (χ2v) is 8.61. The molecule has 0 bridgehead atoms. The van der Waals surface area contributed by atoms with Gasteiger partial charge in [-0.1, -0.05) is 12.1 Å². The third-order valence-electron chi connectivity index (χ3n) is 4.75. The van der Waals surface area contributed by atoms with Crippen molar-refractivity contribution in [1.82, 2.24) is 4.90 Å². The highest BCUT2D eigenvalue weighted by molar-refractivity contribution is 7.90. The normalized spacial score (nSPS) is 20.2. The lowest BCUT2D eigenvalue weighted by Gasteiger charge is -2.31. The molecule has 0 fully saturated rings. The van der Waals surface area contributed by atoms with Gasteiger partial charge >= 0.3 is 5.97 Å². The molecule has 1 aromatic rings. The molecular formula is C19H18N4O6S. The van der Waals surface area contributed by atoms with Gasteiger partial charge in [0, 0.05) is 12.7 Å². The number of ether oxygens (including phenoxy) is 1. The number of para-hydroxylation sites is 2. The summed E-state index contributed by atoms with van der Waals surface area (Å²) in [6.45, 7) is 1.35. The summed E-state index contributed by atoms with van der Waals surface area (Å²) in [6.07, 6.45) is 3.37. The molecule has 3 heterocycles. The second kappa shape index (κ2) is 7.41. The van der Waals surface area contributed by atoms with Crippen LogP contribution in [0.1, 0.15) is 6.92 Å². The molecule has 0 radical (unpaired) electrons. The van der Waals surface area contributed by atoms with E-state index in [2.05, 4.69) is 9.71 Å². The summed E-state index contributed by atoms with van der Waals surface area (Å²) >= 11 is 0. The number of allylic oxidation sites excluding steroid dienone is 2. The minimum atomic E-state index is -3.68. The van der Waals surface area contributed by atoms with E-state index in [1.54, 1.807) is 36.5 Å². The SMILES string of the molecule is CC(OC(=O)C1=CC=CN2CCS(=O)(=O)N=C12)C(=O)N1CC(=O)Nc2ccccc21. The van der Waals surface area contributed by atoms with Crippen LogP contribution in [-0.2, 0) is 29.1 Å². The van der Waals surface area contributed by atoms with Crippen molar-refractivity contribution in [3.8, 4) is 0 Å². The maximum atomic E-state index is 12.9. The molecule has 10 nitrogen and oxygen atoms in total. The monoisotopic (exact) mass is 430 g/mol. The summed E-state index contributed by atoms with van der Waals surface area (Å²) in [5.41, 5.74) is 0.925. The third-order valence-corrected chi connectivity index (χ3v) is 5.90. The van der Waals surface area contributed by atoms with Crippen molar-refractivity contribution in [3.63, 3.8) is 0 Å². The molecule has 1 aromatic carbocycles. The van der Waals surface area contributed by atoms with E-state index < -0.39 is 28.0 Å². The number of benzene rings is 1. The summed E-state index contributed by atoms with van der Waals surface area (Å²) in [6, 6.07) is 6.79. The molecule has 0 spiro atoms. The van der Waals surface area contributed by atoms with Crippen molar-refractivity contribution < 1.29 is 27.5 Å². The minimum Gasteiger partial charge on any atom is -0.449 e. The van der Waals surface area contributed by atoms with Gasteiger partial charge in [-0.05, 0) is 31.2 Å². The van der Waals surface area contributed by atoms with Crippen molar-refractivity contribution in [2.24, 2.45) is 4.40 Å². The first-order valence-electron chi connectivity index (χ1n) is 9.14. The molecule has 11 heteroatoms. The average Bonchev–Trinajstić information content (AvgIpc) is 2.71. The first-order chi connectivity index (χ1) is 14.2. The molecule has 3 aliphatic rings. The molecule has 30 heavy (non-hydrogen) atoms. The van der Waals surface area contributed by atoms with Crippen LogP contribution in [0, 0.1) is 0 Å². The number of amidine groups is 1. The Morgan fingerprint density at radius 2 is 2.03 bits per heavy atom. The van der Waals surface area contributed by atoms with Crippen LogP contribution >= 0.6 is 0 Å². The smallest absolute Gasteiger partial charge is 0.342 e. The summed E-state index contributed by atoms with van der Waals surface area (Å²) in [5, 5.41) is 2.68. The van der Waals surface area contributed by atoms with E-state index in [-0.39, 0.29) is 36.2 Å². The van der Waals surface area contributed by atoms with E-state index in [9.17, 15) is 22.8 Å². The van der Waals surface area contributed by atoms with Crippen LogP contribution in [0.5, 0.6) is 0 Å². The van der Waals surface area contributed by atoms with Gasteiger partial charge in [0.1, 0.15) is 12.1 Å². The lowest BCUT2D eigenvalue weighted by Crippen LogP contribution is -2.47. The van der Waals surface area contributed by atoms with Gasteiger partial charge in [0.05, 0.1) is 17.1 Å². The Morgan fingerprint density at radius 1 is 1.27 bits per heavy atom. The van der Waals surface area contributed by atoms with Gasteiger partial charge in [-0.15, -0.1) is 4.40 Å². The Hall–Kier alpha value is -3.47. The first-order valence-corrected chi connectivity index (χ1v) is 10.8. The van der Waals surface area contributed by atoms with Crippen molar-refractivity contribution in [2.45, 2.75) is 13.0 Å². The van der Waals surface area contributed by atoms with Crippen molar-refractivity contribution in [3.05, 3.63) is 48.2 Å². The van der Waals surface area contributed by atoms with Crippen LogP contribution in [0.15, 0.2) is 52.6 Å². The van der Waals surface area contributed by atoms with Gasteiger partial charge in [-0.25, -0.2) is 13.2 Å². The van der Waals surface area contributed by atoms with Gasteiger partial charge in [0.15, 0.2) is 11.9 Å². The van der Waals surface area contributed by atoms with Crippen LogP contribution in [-0.4, -0.2) is 61.9 Å². The minimum absolute atomic E-state index is 0.0314. The van der Waals surface area contributed by atoms with Gasteiger partial charge in [-0.3, -0.25) is 14.5 Å². The second-order valence-electron chi connectivity index (χ2n) is 6.85. The van der Waals surface area contributed by atoms with Crippen molar-refractivity contribution >= 4 is 45.0 Å². The molecule has 0 saturated heterocycles. The van der Waals surface area contributed by atoms with E-state index >= 15 is 0 Å². The van der Waals surface area contributed by atoms with Crippen LogP contribution in [0.25, 0.3) is 0 Å². The Morgan fingerprint density at radius 3 is 2.83 bits per heavy atom. The van der Waals surface area contributed by atoms with Gasteiger partial charge in [0.25, 0.3) is 15.9 Å². The molecule has 4 rings (SSSR count). The molecule has 1 N–H and O–H groups in total. The Kier molecular flexibility index (Phi) is 4.90. The molecule has 0 aromatic heterocycles. The number of nitrogens with one attached hydrogen (secondary N) is 1.